The summed E-state index contributed by atoms with van der Waals surface area (Å²) in [5, 5.41) is 2.67. The van der Waals surface area contributed by atoms with Crippen LogP contribution in [0.2, 0.25) is 0 Å². The third-order valence-corrected chi connectivity index (χ3v) is 6.70. The second-order valence-electron chi connectivity index (χ2n) is 7.74. The fraction of sp³-hybridized carbons (Fsp3) is 0.579. The van der Waals surface area contributed by atoms with E-state index in [2.05, 4.69) is 24.4 Å². The summed E-state index contributed by atoms with van der Waals surface area (Å²) >= 11 is 0. The van der Waals surface area contributed by atoms with Crippen molar-refractivity contribution in [2.45, 2.75) is 51.4 Å². The lowest BCUT2D eigenvalue weighted by molar-refractivity contribution is -0.129. The van der Waals surface area contributed by atoms with Gasteiger partial charge in [0.2, 0.25) is 0 Å². The van der Waals surface area contributed by atoms with E-state index in [0.717, 1.165) is 44.2 Å². The number of Topliss-reactive ketones (excluding diaryl/α,β-unsaturated/α-hetero) is 1. The van der Waals surface area contributed by atoms with E-state index in [0.29, 0.717) is 23.5 Å². The van der Waals surface area contributed by atoms with Gasteiger partial charge in [-0.15, -0.1) is 0 Å². The van der Waals surface area contributed by atoms with Crippen LogP contribution in [0.1, 0.15) is 56.1 Å². The zero-order valence-corrected chi connectivity index (χ0v) is 13.6. The third kappa shape index (κ3) is 2.19. The largest absolute Gasteiger partial charge is 0.351 e. The number of urea groups is 1. The van der Waals surface area contributed by atoms with E-state index in [-0.39, 0.29) is 5.41 Å². The van der Waals surface area contributed by atoms with E-state index in [1.54, 1.807) is 0 Å². The number of carbonyl (C=O) groups excluding carboxylic acids is 2. The fourth-order valence-corrected chi connectivity index (χ4v) is 5.57. The van der Waals surface area contributed by atoms with E-state index in [1.807, 2.05) is 6.07 Å². The minimum absolute atomic E-state index is 0.0634. The first-order valence-corrected chi connectivity index (χ1v) is 8.71. The van der Waals surface area contributed by atoms with Gasteiger partial charge in [0.15, 0.2) is 0 Å². The van der Waals surface area contributed by atoms with Crippen LogP contribution in [0.3, 0.4) is 0 Å². The first-order valence-electron chi connectivity index (χ1n) is 8.71. The molecule has 3 aliphatic carbocycles. The first kappa shape index (κ1) is 14.7. The number of rotatable bonds is 1. The standard InChI is InChI=1S/C19H24N2O2/c1-19-9-8-14-13-5-3-12(21-18(20)23)10-11(13)2-4-15(14)16(19)6-7-17(19)22/h3,5,10,14-16H,2,4,6-9H2,1H3,(H3,20,21,23)/t14-,15-,16+,19+/m1/s1. The molecule has 4 heteroatoms. The molecule has 0 spiro atoms. The molecule has 1 aromatic carbocycles. The Labute approximate surface area is 136 Å². The molecule has 0 radical (unpaired) electrons. The van der Waals surface area contributed by atoms with Crippen molar-refractivity contribution in [3.05, 3.63) is 29.3 Å². The molecule has 2 fully saturated rings. The van der Waals surface area contributed by atoms with Gasteiger partial charge in [0.05, 0.1) is 0 Å². The van der Waals surface area contributed by atoms with Crippen LogP contribution in [-0.4, -0.2) is 11.8 Å². The number of aryl methyl sites for hydroxylation is 1. The Hall–Kier alpha value is -1.84. The number of hydrogen-bond acceptors (Lipinski definition) is 2. The van der Waals surface area contributed by atoms with Crippen molar-refractivity contribution in [1.29, 1.82) is 0 Å². The van der Waals surface area contributed by atoms with E-state index in [4.69, 9.17) is 5.73 Å². The van der Waals surface area contributed by atoms with E-state index in [9.17, 15) is 9.59 Å². The predicted octanol–water partition coefficient (Wildman–Crippen LogP) is 3.60. The van der Waals surface area contributed by atoms with Gasteiger partial charge in [0.25, 0.3) is 0 Å². The zero-order chi connectivity index (χ0) is 16.2. The van der Waals surface area contributed by atoms with Gasteiger partial charge in [-0.1, -0.05) is 13.0 Å². The topological polar surface area (TPSA) is 72.2 Å². The number of anilines is 1. The molecule has 0 bridgehead atoms. The lowest BCUT2D eigenvalue weighted by atomic mass is 9.55. The summed E-state index contributed by atoms with van der Waals surface area (Å²) in [4.78, 5) is 23.4. The number of carbonyl (C=O) groups is 2. The molecule has 0 aliphatic heterocycles. The van der Waals surface area contributed by atoms with E-state index < -0.39 is 6.03 Å². The molecular weight excluding hydrogens is 288 g/mol. The minimum Gasteiger partial charge on any atom is -0.351 e. The second kappa shape index (κ2) is 5.08. The summed E-state index contributed by atoms with van der Waals surface area (Å²) in [7, 11) is 0. The highest BCUT2D eigenvalue weighted by molar-refractivity contribution is 5.88. The molecule has 3 aliphatic rings. The minimum atomic E-state index is -0.517. The van der Waals surface area contributed by atoms with Crippen molar-refractivity contribution in [3.63, 3.8) is 0 Å². The monoisotopic (exact) mass is 312 g/mol. The van der Waals surface area contributed by atoms with Crippen LogP contribution in [0.5, 0.6) is 0 Å². The number of amides is 2. The molecule has 1 aromatic rings. The van der Waals surface area contributed by atoms with E-state index in [1.165, 1.54) is 11.1 Å². The molecule has 0 heterocycles. The fourth-order valence-electron chi connectivity index (χ4n) is 5.57. The van der Waals surface area contributed by atoms with Gasteiger partial charge in [0.1, 0.15) is 5.78 Å². The summed E-state index contributed by atoms with van der Waals surface area (Å²) in [6.07, 6.45) is 6.18. The Bertz CT molecular complexity index is 684. The Balaban J connectivity index is 1.65. The summed E-state index contributed by atoms with van der Waals surface area (Å²) in [6.45, 7) is 2.21. The SMILES string of the molecule is C[C@]12CC[C@@H]3c4ccc(NC(N)=O)cc4CC[C@H]3[C@@H]1CCC2=O. The second-order valence-corrected chi connectivity index (χ2v) is 7.74. The molecule has 0 saturated heterocycles. The molecule has 0 aromatic heterocycles. The highest BCUT2D eigenvalue weighted by atomic mass is 16.2. The number of hydrogen-bond donors (Lipinski definition) is 2. The Morgan fingerprint density at radius 1 is 1.26 bits per heavy atom. The third-order valence-electron chi connectivity index (χ3n) is 6.70. The van der Waals surface area contributed by atoms with Crippen molar-refractivity contribution < 1.29 is 9.59 Å². The van der Waals surface area contributed by atoms with Gasteiger partial charge in [0, 0.05) is 17.5 Å². The Kier molecular flexibility index (Phi) is 3.26. The van der Waals surface area contributed by atoms with Gasteiger partial charge >= 0.3 is 6.03 Å². The maximum absolute atomic E-state index is 12.3. The van der Waals surface area contributed by atoms with Crippen LogP contribution in [-0.2, 0) is 11.2 Å². The Morgan fingerprint density at radius 2 is 2.09 bits per heavy atom. The molecule has 0 unspecified atom stereocenters. The lowest BCUT2D eigenvalue weighted by Crippen LogP contribution is -2.42. The molecule has 122 valence electrons. The molecule has 3 N–H and O–H groups in total. The summed E-state index contributed by atoms with van der Waals surface area (Å²) in [6, 6.07) is 5.68. The molecular formula is C19H24N2O2. The molecule has 4 atom stereocenters. The normalized spacial score (nSPS) is 35.2. The van der Waals surface area contributed by atoms with Gasteiger partial charge in [-0.3, -0.25) is 4.79 Å². The van der Waals surface area contributed by atoms with Crippen molar-refractivity contribution in [3.8, 4) is 0 Å². The number of fused-ring (bicyclic) bond motifs is 5. The average Bonchev–Trinajstić information content (AvgIpc) is 2.82. The highest BCUT2D eigenvalue weighted by Gasteiger charge is 2.54. The van der Waals surface area contributed by atoms with Crippen LogP contribution in [0, 0.1) is 17.3 Å². The van der Waals surface area contributed by atoms with Crippen LogP contribution in [0.15, 0.2) is 18.2 Å². The maximum atomic E-state index is 12.3. The number of ketones is 1. The Morgan fingerprint density at radius 3 is 2.87 bits per heavy atom. The number of benzene rings is 1. The average molecular weight is 312 g/mol. The summed E-state index contributed by atoms with van der Waals surface area (Å²) in [5.74, 6) is 2.27. The molecule has 4 rings (SSSR count). The smallest absolute Gasteiger partial charge is 0.316 e. The predicted molar refractivity (Wildman–Crippen MR) is 89.3 cm³/mol. The van der Waals surface area contributed by atoms with Gasteiger partial charge in [-0.05, 0) is 73.1 Å². The number of nitrogens with two attached hydrogens (primary N) is 1. The van der Waals surface area contributed by atoms with Crippen LogP contribution in [0.4, 0.5) is 10.5 Å². The van der Waals surface area contributed by atoms with Gasteiger partial charge in [-0.25, -0.2) is 4.79 Å². The summed E-state index contributed by atoms with van der Waals surface area (Å²) in [5.41, 5.74) is 8.70. The summed E-state index contributed by atoms with van der Waals surface area (Å²) < 4.78 is 0. The van der Waals surface area contributed by atoms with Gasteiger partial charge in [-0.2, -0.15) is 0 Å². The van der Waals surface area contributed by atoms with Crippen LogP contribution in [0.25, 0.3) is 0 Å². The van der Waals surface area contributed by atoms with Crippen LogP contribution >= 0.6 is 0 Å². The van der Waals surface area contributed by atoms with Crippen molar-refractivity contribution in [2.75, 3.05) is 5.32 Å². The van der Waals surface area contributed by atoms with Gasteiger partial charge < -0.3 is 11.1 Å². The van der Waals surface area contributed by atoms with Crippen molar-refractivity contribution >= 4 is 17.5 Å². The maximum Gasteiger partial charge on any atom is 0.316 e. The molecule has 4 nitrogen and oxygen atoms in total. The molecule has 23 heavy (non-hydrogen) atoms. The quantitative estimate of drug-likeness (QED) is 0.831. The number of primary amides is 1. The van der Waals surface area contributed by atoms with Crippen molar-refractivity contribution in [2.24, 2.45) is 23.0 Å². The zero-order valence-electron chi connectivity index (χ0n) is 13.6. The number of nitrogens with one attached hydrogen (secondary N) is 1. The van der Waals surface area contributed by atoms with Crippen LogP contribution < -0.4 is 11.1 Å². The van der Waals surface area contributed by atoms with E-state index >= 15 is 0 Å². The lowest BCUT2D eigenvalue weighted by Gasteiger charge is -2.48. The highest BCUT2D eigenvalue weighted by Crippen LogP contribution is 2.59. The van der Waals surface area contributed by atoms with Crippen molar-refractivity contribution in [1.82, 2.24) is 0 Å². The molecule has 2 saturated carbocycles. The first-order chi connectivity index (χ1) is 11.0. The molecule has 2 amide bonds.